The Morgan fingerprint density at radius 2 is 2.06 bits per heavy atom. The zero-order valence-corrected chi connectivity index (χ0v) is 11.6. The predicted octanol–water partition coefficient (Wildman–Crippen LogP) is 1.73. The molecule has 1 aromatic heterocycles. The summed E-state index contributed by atoms with van der Waals surface area (Å²) in [4.78, 5) is 19.7. The number of rotatable bonds is 2. The standard InChI is InChI=1S/C11H13BrClN3O/c12-9-1-2-10(14-8-9)15-3-5-16(6-4-15)11(17)7-13/h1-2,8H,3-7H2. The van der Waals surface area contributed by atoms with Crippen molar-refractivity contribution in [3.63, 3.8) is 0 Å². The summed E-state index contributed by atoms with van der Waals surface area (Å²) < 4.78 is 0.970. The predicted molar refractivity (Wildman–Crippen MR) is 71.5 cm³/mol. The van der Waals surface area contributed by atoms with E-state index in [4.69, 9.17) is 11.6 Å². The first kappa shape index (κ1) is 12.6. The molecule has 1 aromatic rings. The van der Waals surface area contributed by atoms with Crippen LogP contribution in [-0.4, -0.2) is 47.9 Å². The minimum atomic E-state index is 0.00934. The van der Waals surface area contributed by atoms with Gasteiger partial charge in [0.15, 0.2) is 0 Å². The molecule has 0 saturated carbocycles. The highest BCUT2D eigenvalue weighted by Gasteiger charge is 2.20. The molecule has 2 heterocycles. The number of alkyl halides is 1. The summed E-state index contributed by atoms with van der Waals surface area (Å²) in [7, 11) is 0. The summed E-state index contributed by atoms with van der Waals surface area (Å²) in [5.74, 6) is 1.03. The number of nitrogens with zero attached hydrogens (tertiary/aromatic N) is 3. The summed E-state index contributed by atoms with van der Waals surface area (Å²) in [6.45, 7) is 3.03. The fourth-order valence-electron chi connectivity index (χ4n) is 1.82. The van der Waals surface area contributed by atoms with Crippen LogP contribution >= 0.6 is 27.5 Å². The maximum Gasteiger partial charge on any atom is 0.237 e. The quantitative estimate of drug-likeness (QED) is 0.779. The molecular formula is C11H13BrClN3O. The van der Waals surface area contributed by atoms with Gasteiger partial charge in [-0.3, -0.25) is 4.79 Å². The van der Waals surface area contributed by atoms with E-state index in [0.29, 0.717) is 13.1 Å². The maximum absolute atomic E-state index is 11.4. The van der Waals surface area contributed by atoms with Gasteiger partial charge in [0, 0.05) is 36.8 Å². The normalized spacial score (nSPS) is 16.1. The molecule has 92 valence electrons. The second-order valence-corrected chi connectivity index (χ2v) is 5.02. The number of piperazine rings is 1. The lowest BCUT2D eigenvalue weighted by atomic mass is 10.3. The van der Waals surface area contributed by atoms with Crippen LogP contribution < -0.4 is 4.90 Å². The van der Waals surface area contributed by atoms with Gasteiger partial charge in [-0.05, 0) is 28.1 Å². The van der Waals surface area contributed by atoms with Crippen molar-refractivity contribution in [1.82, 2.24) is 9.88 Å². The summed E-state index contributed by atoms with van der Waals surface area (Å²) in [6.07, 6.45) is 1.78. The lowest BCUT2D eigenvalue weighted by Crippen LogP contribution is -2.49. The van der Waals surface area contributed by atoms with Gasteiger partial charge < -0.3 is 9.80 Å². The summed E-state index contributed by atoms with van der Waals surface area (Å²) >= 11 is 8.89. The van der Waals surface area contributed by atoms with E-state index < -0.39 is 0 Å². The van der Waals surface area contributed by atoms with Crippen LogP contribution in [0.3, 0.4) is 0 Å². The Hall–Kier alpha value is -0.810. The van der Waals surface area contributed by atoms with Crippen LogP contribution in [-0.2, 0) is 4.79 Å². The molecule has 1 aliphatic heterocycles. The van der Waals surface area contributed by atoms with Crippen molar-refractivity contribution >= 4 is 39.3 Å². The van der Waals surface area contributed by atoms with Crippen LogP contribution in [0.25, 0.3) is 0 Å². The Labute approximate surface area is 114 Å². The van der Waals surface area contributed by atoms with E-state index in [-0.39, 0.29) is 11.8 Å². The topological polar surface area (TPSA) is 36.4 Å². The van der Waals surface area contributed by atoms with E-state index in [1.165, 1.54) is 0 Å². The zero-order valence-electron chi connectivity index (χ0n) is 9.27. The molecule has 1 fully saturated rings. The number of anilines is 1. The first-order valence-corrected chi connectivity index (χ1v) is 6.73. The van der Waals surface area contributed by atoms with Crippen molar-refractivity contribution in [1.29, 1.82) is 0 Å². The van der Waals surface area contributed by atoms with E-state index in [9.17, 15) is 4.79 Å². The second kappa shape index (κ2) is 5.69. The third-order valence-corrected chi connectivity index (χ3v) is 3.48. The van der Waals surface area contributed by atoms with Crippen LogP contribution in [0, 0.1) is 0 Å². The number of amides is 1. The van der Waals surface area contributed by atoms with Gasteiger partial charge in [0.1, 0.15) is 11.7 Å². The second-order valence-electron chi connectivity index (χ2n) is 3.84. The molecule has 0 atom stereocenters. The fraction of sp³-hybridized carbons (Fsp3) is 0.455. The molecule has 2 rings (SSSR count). The van der Waals surface area contributed by atoms with Gasteiger partial charge in [-0.2, -0.15) is 0 Å². The van der Waals surface area contributed by atoms with Crippen molar-refractivity contribution in [2.24, 2.45) is 0 Å². The van der Waals surface area contributed by atoms with E-state index >= 15 is 0 Å². The van der Waals surface area contributed by atoms with Gasteiger partial charge in [-0.1, -0.05) is 0 Å². The molecule has 0 bridgehead atoms. The van der Waals surface area contributed by atoms with Crippen molar-refractivity contribution in [3.8, 4) is 0 Å². The van der Waals surface area contributed by atoms with E-state index in [2.05, 4.69) is 25.8 Å². The molecule has 1 aliphatic rings. The molecular weight excluding hydrogens is 305 g/mol. The van der Waals surface area contributed by atoms with Crippen molar-refractivity contribution in [2.75, 3.05) is 37.0 Å². The molecule has 0 aromatic carbocycles. The summed E-state index contributed by atoms with van der Waals surface area (Å²) in [5.41, 5.74) is 0. The third kappa shape index (κ3) is 3.10. The van der Waals surface area contributed by atoms with Gasteiger partial charge >= 0.3 is 0 Å². The number of hydrogen-bond donors (Lipinski definition) is 0. The molecule has 0 spiro atoms. The SMILES string of the molecule is O=C(CCl)N1CCN(c2ccc(Br)cn2)CC1. The van der Waals surface area contributed by atoms with Gasteiger partial charge in [0.2, 0.25) is 5.91 Å². The van der Waals surface area contributed by atoms with Gasteiger partial charge in [-0.15, -0.1) is 11.6 Å². The minimum absolute atomic E-state index is 0.00934. The Kier molecular flexibility index (Phi) is 4.23. The number of aromatic nitrogens is 1. The number of halogens is 2. The maximum atomic E-state index is 11.4. The molecule has 1 amide bonds. The lowest BCUT2D eigenvalue weighted by molar-refractivity contribution is -0.128. The van der Waals surface area contributed by atoms with Crippen LogP contribution in [0.1, 0.15) is 0 Å². The van der Waals surface area contributed by atoms with Gasteiger partial charge in [0.25, 0.3) is 0 Å². The minimum Gasteiger partial charge on any atom is -0.353 e. The number of pyridine rings is 1. The average molecular weight is 319 g/mol. The Balaban J connectivity index is 1.95. The van der Waals surface area contributed by atoms with Gasteiger partial charge in [0.05, 0.1) is 0 Å². The first-order valence-electron chi connectivity index (χ1n) is 5.41. The lowest BCUT2D eigenvalue weighted by Gasteiger charge is -2.35. The summed E-state index contributed by atoms with van der Waals surface area (Å²) in [5, 5.41) is 0. The highest BCUT2D eigenvalue weighted by atomic mass is 79.9. The molecule has 6 heteroatoms. The first-order chi connectivity index (χ1) is 8.20. The molecule has 17 heavy (non-hydrogen) atoms. The van der Waals surface area contributed by atoms with E-state index in [1.807, 2.05) is 12.1 Å². The average Bonchev–Trinajstić information content (AvgIpc) is 2.39. The molecule has 1 saturated heterocycles. The Morgan fingerprint density at radius 3 is 2.59 bits per heavy atom. The molecule has 0 N–H and O–H groups in total. The van der Waals surface area contributed by atoms with E-state index in [0.717, 1.165) is 23.4 Å². The Bertz CT molecular complexity index is 390. The smallest absolute Gasteiger partial charge is 0.237 e. The summed E-state index contributed by atoms with van der Waals surface area (Å²) in [6, 6.07) is 3.95. The molecule has 4 nitrogen and oxygen atoms in total. The molecule has 0 unspecified atom stereocenters. The zero-order chi connectivity index (χ0) is 12.3. The van der Waals surface area contributed by atoms with Crippen LogP contribution in [0.4, 0.5) is 5.82 Å². The highest BCUT2D eigenvalue weighted by Crippen LogP contribution is 2.16. The van der Waals surface area contributed by atoms with Crippen LogP contribution in [0.5, 0.6) is 0 Å². The highest BCUT2D eigenvalue weighted by molar-refractivity contribution is 9.10. The monoisotopic (exact) mass is 317 g/mol. The van der Waals surface area contributed by atoms with Crippen molar-refractivity contribution < 1.29 is 4.79 Å². The van der Waals surface area contributed by atoms with E-state index in [1.54, 1.807) is 11.1 Å². The number of carbonyl (C=O) groups excluding carboxylic acids is 1. The fourth-order valence-corrected chi connectivity index (χ4v) is 2.23. The Morgan fingerprint density at radius 1 is 1.35 bits per heavy atom. The van der Waals surface area contributed by atoms with Crippen LogP contribution in [0.15, 0.2) is 22.8 Å². The largest absolute Gasteiger partial charge is 0.353 e. The molecule has 0 aliphatic carbocycles. The van der Waals surface area contributed by atoms with Crippen LogP contribution in [0.2, 0.25) is 0 Å². The van der Waals surface area contributed by atoms with Crippen molar-refractivity contribution in [3.05, 3.63) is 22.8 Å². The molecule has 0 radical (unpaired) electrons. The third-order valence-electron chi connectivity index (χ3n) is 2.78. The number of carbonyl (C=O) groups is 1. The van der Waals surface area contributed by atoms with Gasteiger partial charge in [-0.25, -0.2) is 4.98 Å². The number of hydrogen-bond acceptors (Lipinski definition) is 3. The van der Waals surface area contributed by atoms with Crippen molar-refractivity contribution in [2.45, 2.75) is 0 Å².